The molecule has 14 heavy (non-hydrogen) atoms. The van der Waals surface area contributed by atoms with Gasteiger partial charge in [-0.05, 0) is 18.6 Å². The Hall–Kier alpha value is -1.49. The molecular formula is C9H13N3O2. The number of methoxy groups -OCH3 is 1. The van der Waals surface area contributed by atoms with Crippen molar-refractivity contribution in [2.45, 2.75) is 18.9 Å². The first kappa shape index (κ1) is 10.6. The third-order valence-electron chi connectivity index (χ3n) is 1.98. The molecule has 2 N–H and O–H groups in total. The highest BCUT2D eigenvalue weighted by atomic mass is 16.5. The molecule has 5 nitrogen and oxygen atoms in total. The average Bonchev–Trinajstić information content (AvgIpc) is 2.18. The van der Waals surface area contributed by atoms with Crippen LogP contribution in [0.15, 0.2) is 18.5 Å². The van der Waals surface area contributed by atoms with Gasteiger partial charge in [0.05, 0.1) is 25.3 Å². The Bertz CT molecular complexity index is 311. The summed E-state index contributed by atoms with van der Waals surface area (Å²) in [5.41, 5.74) is 5.95. The standard InChI is InChI=1S/C9H13N3O2/c1-9(10,5-8(13)14-2)7-3-4-11-12-6-7/h3-4,6H,5,10H2,1-2H3/t9-/m0/s1. The molecule has 0 aliphatic carbocycles. The van der Waals surface area contributed by atoms with Crippen LogP contribution in [0.3, 0.4) is 0 Å². The highest BCUT2D eigenvalue weighted by Gasteiger charge is 2.25. The van der Waals surface area contributed by atoms with Gasteiger partial charge < -0.3 is 10.5 Å². The highest BCUT2D eigenvalue weighted by molar-refractivity contribution is 5.71. The number of ether oxygens (including phenoxy) is 1. The van der Waals surface area contributed by atoms with Crippen molar-refractivity contribution in [2.24, 2.45) is 5.73 Å². The summed E-state index contributed by atoms with van der Waals surface area (Å²) in [5.74, 6) is -0.341. The molecular weight excluding hydrogens is 182 g/mol. The molecule has 0 aliphatic heterocycles. The van der Waals surface area contributed by atoms with Crippen LogP contribution < -0.4 is 5.73 Å². The lowest BCUT2D eigenvalue weighted by molar-refractivity contribution is -0.141. The normalized spacial score (nSPS) is 14.5. The Morgan fingerprint density at radius 2 is 2.36 bits per heavy atom. The monoisotopic (exact) mass is 195 g/mol. The molecule has 1 rings (SSSR count). The first-order valence-corrected chi connectivity index (χ1v) is 4.19. The first-order valence-electron chi connectivity index (χ1n) is 4.19. The van der Waals surface area contributed by atoms with Crippen molar-refractivity contribution in [1.29, 1.82) is 0 Å². The summed E-state index contributed by atoms with van der Waals surface area (Å²) in [6, 6.07) is 1.73. The molecule has 0 unspecified atom stereocenters. The molecule has 0 aromatic carbocycles. The molecule has 1 atom stereocenters. The van der Waals surface area contributed by atoms with E-state index in [4.69, 9.17) is 5.73 Å². The van der Waals surface area contributed by atoms with E-state index in [1.807, 2.05) is 0 Å². The number of nitrogens with zero attached hydrogens (tertiary/aromatic N) is 2. The maximum atomic E-state index is 11.1. The van der Waals surface area contributed by atoms with Gasteiger partial charge in [-0.2, -0.15) is 10.2 Å². The second-order valence-electron chi connectivity index (χ2n) is 3.30. The second kappa shape index (κ2) is 4.15. The molecule has 76 valence electrons. The minimum atomic E-state index is -0.761. The summed E-state index contributed by atoms with van der Waals surface area (Å²) in [4.78, 5) is 11.1. The van der Waals surface area contributed by atoms with Crippen LogP contribution in [0.2, 0.25) is 0 Å². The minimum Gasteiger partial charge on any atom is -0.469 e. The number of carbonyl (C=O) groups excluding carboxylic acids is 1. The average molecular weight is 195 g/mol. The van der Waals surface area contributed by atoms with E-state index in [2.05, 4.69) is 14.9 Å². The Kier molecular flexibility index (Phi) is 3.14. The lowest BCUT2D eigenvalue weighted by Gasteiger charge is -2.22. The molecule has 0 spiro atoms. The van der Waals surface area contributed by atoms with Crippen molar-refractivity contribution in [3.05, 3.63) is 24.0 Å². The van der Waals surface area contributed by atoms with Gasteiger partial charge in [-0.15, -0.1) is 0 Å². The largest absolute Gasteiger partial charge is 0.469 e. The van der Waals surface area contributed by atoms with Gasteiger partial charge >= 0.3 is 5.97 Å². The summed E-state index contributed by atoms with van der Waals surface area (Å²) in [6.45, 7) is 1.75. The quantitative estimate of drug-likeness (QED) is 0.698. The summed E-state index contributed by atoms with van der Waals surface area (Å²) in [7, 11) is 1.34. The molecule has 0 amide bonds. The fourth-order valence-corrected chi connectivity index (χ4v) is 1.10. The van der Waals surface area contributed by atoms with E-state index in [0.29, 0.717) is 0 Å². The molecule has 0 radical (unpaired) electrons. The molecule has 5 heteroatoms. The van der Waals surface area contributed by atoms with Crippen molar-refractivity contribution in [1.82, 2.24) is 10.2 Å². The Morgan fingerprint density at radius 1 is 1.64 bits per heavy atom. The lowest BCUT2D eigenvalue weighted by atomic mass is 9.91. The third kappa shape index (κ3) is 2.50. The minimum absolute atomic E-state index is 0.120. The van der Waals surface area contributed by atoms with Crippen molar-refractivity contribution in [3.63, 3.8) is 0 Å². The van der Waals surface area contributed by atoms with Crippen molar-refractivity contribution < 1.29 is 9.53 Å². The number of nitrogens with two attached hydrogens (primary N) is 1. The second-order valence-corrected chi connectivity index (χ2v) is 3.30. The SMILES string of the molecule is COC(=O)C[C@](C)(N)c1ccnnc1. The van der Waals surface area contributed by atoms with E-state index in [1.54, 1.807) is 19.2 Å². The van der Waals surface area contributed by atoms with E-state index >= 15 is 0 Å². The van der Waals surface area contributed by atoms with E-state index in [-0.39, 0.29) is 12.4 Å². The molecule has 1 aromatic heterocycles. The van der Waals surface area contributed by atoms with E-state index in [0.717, 1.165) is 5.56 Å². The number of carbonyl (C=O) groups is 1. The molecule has 1 aromatic rings. The van der Waals surface area contributed by atoms with Crippen LogP contribution in [-0.2, 0) is 15.1 Å². The number of hydrogen-bond acceptors (Lipinski definition) is 5. The predicted molar refractivity (Wildman–Crippen MR) is 50.2 cm³/mol. The lowest BCUT2D eigenvalue weighted by Crippen LogP contribution is -2.36. The van der Waals surface area contributed by atoms with Crippen molar-refractivity contribution >= 4 is 5.97 Å². The Labute approximate surface area is 82.3 Å². The smallest absolute Gasteiger partial charge is 0.307 e. The van der Waals surface area contributed by atoms with Gasteiger partial charge in [0, 0.05) is 6.20 Å². The maximum absolute atomic E-state index is 11.1. The van der Waals surface area contributed by atoms with Gasteiger partial charge in [0.2, 0.25) is 0 Å². The van der Waals surface area contributed by atoms with Crippen LogP contribution in [0.5, 0.6) is 0 Å². The maximum Gasteiger partial charge on any atom is 0.307 e. The topological polar surface area (TPSA) is 78.1 Å². The van der Waals surface area contributed by atoms with Gasteiger partial charge in [-0.25, -0.2) is 0 Å². The number of hydrogen-bond donors (Lipinski definition) is 1. The zero-order chi connectivity index (χ0) is 10.6. The fraction of sp³-hybridized carbons (Fsp3) is 0.444. The molecule has 0 fully saturated rings. The van der Waals surface area contributed by atoms with Gasteiger partial charge in [0.15, 0.2) is 0 Å². The Balaban J connectivity index is 2.80. The van der Waals surface area contributed by atoms with Gasteiger partial charge in [-0.3, -0.25) is 4.79 Å². The van der Waals surface area contributed by atoms with Crippen molar-refractivity contribution in [2.75, 3.05) is 7.11 Å². The van der Waals surface area contributed by atoms with E-state index in [9.17, 15) is 4.79 Å². The summed E-state index contributed by atoms with van der Waals surface area (Å²) in [5, 5.41) is 7.34. The molecule has 0 saturated carbocycles. The fourth-order valence-electron chi connectivity index (χ4n) is 1.10. The van der Waals surface area contributed by atoms with Gasteiger partial charge in [0.1, 0.15) is 0 Å². The van der Waals surface area contributed by atoms with E-state index < -0.39 is 5.54 Å². The van der Waals surface area contributed by atoms with Crippen LogP contribution in [0.4, 0.5) is 0 Å². The van der Waals surface area contributed by atoms with E-state index in [1.165, 1.54) is 13.3 Å². The molecule has 0 aliphatic rings. The van der Waals surface area contributed by atoms with Crippen LogP contribution in [0.25, 0.3) is 0 Å². The Morgan fingerprint density at radius 3 is 2.86 bits per heavy atom. The number of rotatable bonds is 3. The highest BCUT2D eigenvalue weighted by Crippen LogP contribution is 2.20. The zero-order valence-electron chi connectivity index (χ0n) is 8.23. The third-order valence-corrected chi connectivity index (χ3v) is 1.98. The van der Waals surface area contributed by atoms with Crippen LogP contribution in [0.1, 0.15) is 18.9 Å². The predicted octanol–water partition coefficient (Wildman–Crippen LogP) is 0.214. The zero-order valence-corrected chi connectivity index (χ0v) is 8.23. The van der Waals surface area contributed by atoms with Crippen molar-refractivity contribution in [3.8, 4) is 0 Å². The molecule has 0 saturated heterocycles. The molecule has 1 heterocycles. The number of esters is 1. The summed E-state index contributed by atoms with van der Waals surface area (Å²) in [6.07, 6.45) is 3.20. The summed E-state index contributed by atoms with van der Waals surface area (Å²) >= 11 is 0. The number of aromatic nitrogens is 2. The summed E-state index contributed by atoms with van der Waals surface area (Å²) < 4.78 is 4.55. The van der Waals surface area contributed by atoms with Crippen LogP contribution >= 0.6 is 0 Å². The van der Waals surface area contributed by atoms with Gasteiger partial charge in [0.25, 0.3) is 0 Å². The molecule has 0 bridgehead atoms. The van der Waals surface area contributed by atoms with Crippen LogP contribution in [0, 0.1) is 0 Å². The van der Waals surface area contributed by atoms with Crippen LogP contribution in [-0.4, -0.2) is 23.3 Å². The van der Waals surface area contributed by atoms with Gasteiger partial charge in [-0.1, -0.05) is 0 Å². The first-order chi connectivity index (χ1) is 6.56.